The van der Waals surface area contributed by atoms with Crippen LogP contribution in [0.1, 0.15) is 5.89 Å². The first-order valence-corrected chi connectivity index (χ1v) is 4.55. The van der Waals surface area contributed by atoms with Crippen LogP contribution in [0.15, 0.2) is 40.9 Å². The van der Waals surface area contributed by atoms with Crippen LogP contribution in [-0.2, 0) is 6.54 Å². The van der Waals surface area contributed by atoms with Crippen LogP contribution in [0.25, 0.3) is 11.3 Å². The summed E-state index contributed by atoms with van der Waals surface area (Å²) in [5.41, 5.74) is 1.06. The van der Waals surface area contributed by atoms with Gasteiger partial charge in [-0.05, 0) is 7.05 Å². The van der Waals surface area contributed by atoms with E-state index in [-0.39, 0.29) is 0 Å². The van der Waals surface area contributed by atoms with Crippen molar-refractivity contribution in [3.63, 3.8) is 0 Å². The molecule has 3 nitrogen and oxygen atoms in total. The van der Waals surface area contributed by atoms with E-state index in [1.165, 1.54) is 0 Å². The number of hydrogen-bond acceptors (Lipinski definition) is 3. The van der Waals surface area contributed by atoms with Crippen molar-refractivity contribution in [1.29, 1.82) is 0 Å². The van der Waals surface area contributed by atoms with Crippen molar-refractivity contribution in [3.8, 4) is 11.3 Å². The highest BCUT2D eigenvalue weighted by atomic mass is 16.4. The maximum Gasteiger partial charge on any atom is 0.208 e. The standard InChI is InChI=1S/C11H12N2O/c1-12-8-11-13-7-10(14-11)9-5-3-2-4-6-9/h2-7,12H,8H2,1H3. The van der Waals surface area contributed by atoms with Gasteiger partial charge in [0.15, 0.2) is 5.76 Å². The maximum atomic E-state index is 5.54. The SMILES string of the molecule is CNCc1ncc(-c2ccccc2)o1. The summed E-state index contributed by atoms with van der Waals surface area (Å²) < 4.78 is 5.54. The van der Waals surface area contributed by atoms with Crippen molar-refractivity contribution in [3.05, 3.63) is 42.4 Å². The highest BCUT2D eigenvalue weighted by Crippen LogP contribution is 2.19. The Labute approximate surface area is 82.8 Å². The lowest BCUT2D eigenvalue weighted by molar-refractivity contribution is 0.491. The first kappa shape index (κ1) is 8.97. The van der Waals surface area contributed by atoms with Crippen molar-refractivity contribution in [2.75, 3.05) is 7.05 Å². The van der Waals surface area contributed by atoms with Gasteiger partial charge in [0, 0.05) is 5.56 Å². The molecule has 0 spiro atoms. The Morgan fingerprint density at radius 1 is 1.29 bits per heavy atom. The molecule has 0 fully saturated rings. The summed E-state index contributed by atoms with van der Waals surface area (Å²) in [7, 11) is 1.87. The van der Waals surface area contributed by atoms with E-state index in [2.05, 4.69) is 10.3 Å². The average molecular weight is 188 g/mol. The lowest BCUT2D eigenvalue weighted by Crippen LogP contribution is -2.04. The molecule has 2 rings (SSSR count). The second-order valence-corrected chi connectivity index (χ2v) is 3.01. The first-order valence-electron chi connectivity index (χ1n) is 4.55. The number of nitrogens with zero attached hydrogens (tertiary/aromatic N) is 1. The molecule has 1 N–H and O–H groups in total. The summed E-state index contributed by atoms with van der Waals surface area (Å²) in [4.78, 5) is 4.15. The van der Waals surface area contributed by atoms with Gasteiger partial charge in [-0.2, -0.15) is 0 Å². The molecule has 0 saturated heterocycles. The first-order chi connectivity index (χ1) is 6.90. The van der Waals surface area contributed by atoms with Gasteiger partial charge in [-0.25, -0.2) is 4.98 Å². The predicted molar refractivity (Wildman–Crippen MR) is 54.7 cm³/mol. The van der Waals surface area contributed by atoms with E-state index in [4.69, 9.17) is 4.42 Å². The van der Waals surface area contributed by atoms with Gasteiger partial charge in [-0.3, -0.25) is 0 Å². The Bertz CT molecular complexity index is 395. The van der Waals surface area contributed by atoms with Gasteiger partial charge in [-0.15, -0.1) is 0 Å². The normalized spacial score (nSPS) is 10.4. The van der Waals surface area contributed by atoms with Gasteiger partial charge in [0.05, 0.1) is 12.7 Å². The summed E-state index contributed by atoms with van der Waals surface area (Å²) in [5.74, 6) is 1.53. The van der Waals surface area contributed by atoms with Crippen molar-refractivity contribution in [1.82, 2.24) is 10.3 Å². The van der Waals surface area contributed by atoms with Crippen molar-refractivity contribution in [2.24, 2.45) is 0 Å². The topological polar surface area (TPSA) is 38.1 Å². The highest BCUT2D eigenvalue weighted by molar-refractivity contribution is 5.55. The Morgan fingerprint density at radius 3 is 2.79 bits per heavy atom. The summed E-state index contributed by atoms with van der Waals surface area (Å²) >= 11 is 0. The number of aromatic nitrogens is 1. The number of hydrogen-bond donors (Lipinski definition) is 1. The molecule has 0 saturated carbocycles. The molecule has 0 aliphatic rings. The van der Waals surface area contributed by atoms with Crippen LogP contribution in [0.4, 0.5) is 0 Å². The second kappa shape index (κ2) is 4.07. The summed E-state index contributed by atoms with van der Waals surface area (Å²) in [6.45, 7) is 0.660. The monoisotopic (exact) mass is 188 g/mol. The van der Waals surface area contributed by atoms with E-state index in [0.717, 1.165) is 11.3 Å². The lowest BCUT2D eigenvalue weighted by Gasteiger charge is -1.94. The molecule has 2 aromatic rings. The van der Waals surface area contributed by atoms with Gasteiger partial charge >= 0.3 is 0 Å². The van der Waals surface area contributed by atoms with Crippen LogP contribution < -0.4 is 5.32 Å². The van der Waals surface area contributed by atoms with E-state index in [1.54, 1.807) is 6.20 Å². The van der Waals surface area contributed by atoms with E-state index in [9.17, 15) is 0 Å². The molecular weight excluding hydrogens is 176 g/mol. The quantitative estimate of drug-likeness (QED) is 0.801. The molecule has 0 aliphatic carbocycles. The zero-order valence-electron chi connectivity index (χ0n) is 8.03. The van der Waals surface area contributed by atoms with Crippen LogP contribution in [0.5, 0.6) is 0 Å². The molecule has 0 amide bonds. The zero-order valence-corrected chi connectivity index (χ0v) is 8.03. The zero-order chi connectivity index (χ0) is 9.80. The van der Waals surface area contributed by atoms with E-state index < -0.39 is 0 Å². The van der Waals surface area contributed by atoms with Gasteiger partial charge in [0.2, 0.25) is 5.89 Å². The number of benzene rings is 1. The minimum Gasteiger partial charge on any atom is -0.439 e. The lowest BCUT2D eigenvalue weighted by atomic mass is 10.2. The third kappa shape index (κ3) is 1.83. The second-order valence-electron chi connectivity index (χ2n) is 3.01. The number of nitrogens with one attached hydrogen (secondary N) is 1. The van der Waals surface area contributed by atoms with Gasteiger partial charge in [0.25, 0.3) is 0 Å². The van der Waals surface area contributed by atoms with Crippen LogP contribution in [0.3, 0.4) is 0 Å². The molecule has 14 heavy (non-hydrogen) atoms. The van der Waals surface area contributed by atoms with Crippen molar-refractivity contribution < 1.29 is 4.42 Å². The van der Waals surface area contributed by atoms with Crippen LogP contribution in [0.2, 0.25) is 0 Å². The fourth-order valence-corrected chi connectivity index (χ4v) is 1.28. The molecule has 3 heteroatoms. The summed E-state index contributed by atoms with van der Waals surface area (Å²) in [6.07, 6.45) is 1.75. The third-order valence-electron chi connectivity index (χ3n) is 1.94. The molecule has 0 unspecified atom stereocenters. The highest BCUT2D eigenvalue weighted by Gasteiger charge is 2.03. The fraction of sp³-hybridized carbons (Fsp3) is 0.182. The number of oxazole rings is 1. The van der Waals surface area contributed by atoms with Crippen molar-refractivity contribution >= 4 is 0 Å². The van der Waals surface area contributed by atoms with E-state index in [0.29, 0.717) is 12.4 Å². The molecule has 0 atom stereocenters. The molecule has 1 aromatic heterocycles. The van der Waals surface area contributed by atoms with Gasteiger partial charge < -0.3 is 9.73 Å². The molecule has 0 radical (unpaired) electrons. The molecular formula is C11H12N2O. The maximum absolute atomic E-state index is 5.54. The van der Waals surface area contributed by atoms with Crippen molar-refractivity contribution in [2.45, 2.75) is 6.54 Å². The average Bonchev–Trinajstić information content (AvgIpc) is 2.68. The third-order valence-corrected chi connectivity index (χ3v) is 1.94. The van der Waals surface area contributed by atoms with Crippen LogP contribution in [0, 0.1) is 0 Å². The molecule has 0 aliphatic heterocycles. The minimum absolute atomic E-state index is 0.660. The van der Waals surface area contributed by atoms with Gasteiger partial charge in [0.1, 0.15) is 0 Å². The minimum atomic E-state index is 0.660. The summed E-state index contributed by atoms with van der Waals surface area (Å²) in [6, 6.07) is 9.95. The molecule has 0 bridgehead atoms. The molecule has 1 aromatic carbocycles. The fourth-order valence-electron chi connectivity index (χ4n) is 1.28. The predicted octanol–water partition coefficient (Wildman–Crippen LogP) is 2.06. The Hall–Kier alpha value is -1.61. The van der Waals surface area contributed by atoms with Crippen LogP contribution >= 0.6 is 0 Å². The molecule has 1 heterocycles. The van der Waals surface area contributed by atoms with Crippen LogP contribution in [-0.4, -0.2) is 12.0 Å². The largest absolute Gasteiger partial charge is 0.439 e. The summed E-state index contributed by atoms with van der Waals surface area (Å²) in [5, 5.41) is 2.99. The Kier molecular flexibility index (Phi) is 2.60. The Morgan fingerprint density at radius 2 is 2.07 bits per heavy atom. The van der Waals surface area contributed by atoms with Gasteiger partial charge in [-0.1, -0.05) is 30.3 Å². The Balaban J connectivity index is 2.25. The van der Waals surface area contributed by atoms with E-state index >= 15 is 0 Å². The smallest absolute Gasteiger partial charge is 0.208 e. The van der Waals surface area contributed by atoms with E-state index in [1.807, 2.05) is 37.4 Å². The number of rotatable bonds is 3. The molecule has 72 valence electrons.